The summed E-state index contributed by atoms with van der Waals surface area (Å²) in [6, 6.07) is 12.9. The maximum Gasteiger partial charge on any atom is 0.271 e. The summed E-state index contributed by atoms with van der Waals surface area (Å²) in [4.78, 5) is 11.4. The van der Waals surface area contributed by atoms with Crippen molar-refractivity contribution in [1.82, 2.24) is 15.4 Å². The van der Waals surface area contributed by atoms with Crippen molar-refractivity contribution in [2.45, 2.75) is 20.5 Å². The van der Waals surface area contributed by atoms with Gasteiger partial charge in [-0.05, 0) is 55.8 Å². The van der Waals surface area contributed by atoms with Crippen LogP contribution >= 0.6 is 0 Å². The number of aromatic amines is 1. The Balaban J connectivity index is 1.69. The lowest BCUT2D eigenvalue weighted by Gasteiger charge is -2.13. The molecule has 2 aromatic carbocycles. The van der Waals surface area contributed by atoms with E-state index < -0.39 is 5.91 Å². The summed E-state index contributed by atoms with van der Waals surface area (Å²) >= 11 is 0. The van der Waals surface area contributed by atoms with E-state index in [0.29, 0.717) is 37.0 Å². The number of hydrogen-bond donors (Lipinski definition) is 2. The van der Waals surface area contributed by atoms with Gasteiger partial charge in [0.2, 0.25) is 0 Å². The van der Waals surface area contributed by atoms with Crippen LogP contribution in [0.25, 0.3) is 11.3 Å². The predicted molar refractivity (Wildman–Crippen MR) is 103 cm³/mol. The van der Waals surface area contributed by atoms with Crippen LogP contribution in [0.1, 0.15) is 29.9 Å². The number of carbonyl (C=O) groups is 1. The van der Waals surface area contributed by atoms with Crippen LogP contribution in [0.15, 0.2) is 42.5 Å². The number of primary amides is 1. The van der Waals surface area contributed by atoms with E-state index >= 15 is 0 Å². The number of H-pyrrole nitrogens is 1. The molecule has 146 valence electrons. The first-order valence-corrected chi connectivity index (χ1v) is 8.94. The van der Waals surface area contributed by atoms with E-state index in [1.54, 1.807) is 24.3 Å². The standard InChI is InChI=1S/C20H22N4O4/c1-3-26-16-10-5-13(11-17(16)27-4-2)12-28-15-8-6-14(7-9-15)18-19(20(21)25)23-24-22-18/h5-11H,3-4,12H2,1-2H3,(H2,21,25)(H,22,23,24). The summed E-state index contributed by atoms with van der Waals surface area (Å²) in [5.41, 5.74) is 7.49. The summed E-state index contributed by atoms with van der Waals surface area (Å²) < 4.78 is 17.0. The summed E-state index contributed by atoms with van der Waals surface area (Å²) in [5, 5.41) is 10.2. The summed E-state index contributed by atoms with van der Waals surface area (Å²) in [6.45, 7) is 5.37. The Kier molecular flexibility index (Phi) is 6.11. The van der Waals surface area contributed by atoms with Crippen molar-refractivity contribution in [2.24, 2.45) is 5.73 Å². The lowest BCUT2D eigenvalue weighted by atomic mass is 10.1. The van der Waals surface area contributed by atoms with Crippen LogP contribution in [-0.2, 0) is 6.61 Å². The molecule has 0 saturated heterocycles. The number of benzene rings is 2. The summed E-state index contributed by atoms with van der Waals surface area (Å²) in [6.07, 6.45) is 0. The number of nitrogens with two attached hydrogens (primary N) is 1. The van der Waals surface area contributed by atoms with Crippen LogP contribution in [0.3, 0.4) is 0 Å². The van der Waals surface area contributed by atoms with Crippen LogP contribution in [0.5, 0.6) is 17.2 Å². The van der Waals surface area contributed by atoms with Crippen molar-refractivity contribution >= 4 is 5.91 Å². The van der Waals surface area contributed by atoms with E-state index in [4.69, 9.17) is 19.9 Å². The Morgan fingerprint density at radius 2 is 1.68 bits per heavy atom. The fourth-order valence-corrected chi connectivity index (χ4v) is 2.66. The summed E-state index contributed by atoms with van der Waals surface area (Å²) in [7, 11) is 0. The fourth-order valence-electron chi connectivity index (χ4n) is 2.66. The second-order valence-corrected chi connectivity index (χ2v) is 5.85. The number of hydrogen-bond acceptors (Lipinski definition) is 6. The van der Waals surface area contributed by atoms with Gasteiger partial charge in [-0.15, -0.1) is 0 Å². The number of aromatic nitrogens is 3. The Morgan fingerprint density at radius 3 is 2.36 bits per heavy atom. The second kappa shape index (κ2) is 8.90. The molecule has 0 aliphatic rings. The molecule has 3 rings (SSSR count). The number of rotatable bonds is 9. The largest absolute Gasteiger partial charge is 0.490 e. The Labute approximate surface area is 162 Å². The van der Waals surface area contributed by atoms with Crippen LogP contribution in [0.4, 0.5) is 0 Å². The van der Waals surface area contributed by atoms with Gasteiger partial charge in [0, 0.05) is 5.56 Å². The van der Waals surface area contributed by atoms with Crippen LogP contribution in [-0.4, -0.2) is 34.5 Å². The van der Waals surface area contributed by atoms with Gasteiger partial charge in [-0.3, -0.25) is 4.79 Å². The zero-order valence-electron chi connectivity index (χ0n) is 15.8. The first kappa shape index (κ1) is 19.2. The highest BCUT2D eigenvalue weighted by Crippen LogP contribution is 2.29. The number of amides is 1. The van der Waals surface area contributed by atoms with E-state index in [-0.39, 0.29) is 5.69 Å². The van der Waals surface area contributed by atoms with Gasteiger partial charge in [0.25, 0.3) is 5.91 Å². The van der Waals surface area contributed by atoms with Gasteiger partial charge >= 0.3 is 0 Å². The lowest BCUT2D eigenvalue weighted by molar-refractivity contribution is 0.0996. The van der Waals surface area contributed by atoms with Gasteiger partial charge in [0.1, 0.15) is 18.1 Å². The molecule has 0 radical (unpaired) electrons. The third kappa shape index (κ3) is 4.40. The van der Waals surface area contributed by atoms with Crippen molar-refractivity contribution in [3.8, 4) is 28.5 Å². The molecular formula is C20H22N4O4. The molecule has 0 unspecified atom stereocenters. The molecule has 0 aliphatic heterocycles. The van der Waals surface area contributed by atoms with Crippen molar-refractivity contribution in [3.63, 3.8) is 0 Å². The van der Waals surface area contributed by atoms with E-state index in [0.717, 1.165) is 16.9 Å². The average Bonchev–Trinajstić information content (AvgIpc) is 3.19. The van der Waals surface area contributed by atoms with Crippen molar-refractivity contribution < 1.29 is 19.0 Å². The topological polar surface area (TPSA) is 112 Å². The molecule has 8 heteroatoms. The molecule has 0 bridgehead atoms. The summed E-state index contributed by atoms with van der Waals surface area (Å²) in [5.74, 6) is 1.46. The Morgan fingerprint density at radius 1 is 0.964 bits per heavy atom. The third-order valence-corrected chi connectivity index (χ3v) is 3.92. The lowest BCUT2D eigenvalue weighted by Crippen LogP contribution is -2.12. The molecule has 0 aliphatic carbocycles. The van der Waals surface area contributed by atoms with E-state index in [2.05, 4.69) is 15.4 Å². The highest BCUT2D eigenvalue weighted by molar-refractivity contribution is 5.96. The van der Waals surface area contributed by atoms with Gasteiger partial charge in [-0.2, -0.15) is 15.4 Å². The minimum Gasteiger partial charge on any atom is -0.490 e. The maximum absolute atomic E-state index is 11.4. The molecule has 0 fully saturated rings. The highest BCUT2D eigenvalue weighted by atomic mass is 16.5. The van der Waals surface area contributed by atoms with Crippen LogP contribution in [0, 0.1) is 0 Å². The molecule has 1 heterocycles. The quantitative estimate of drug-likeness (QED) is 0.588. The van der Waals surface area contributed by atoms with Crippen LogP contribution in [0.2, 0.25) is 0 Å². The molecule has 8 nitrogen and oxygen atoms in total. The van der Waals surface area contributed by atoms with Gasteiger partial charge in [-0.25, -0.2) is 0 Å². The zero-order valence-corrected chi connectivity index (χ0v) is 15.8. The van der Waals surface area contributed by atoms with E-state index in [9.17, 15) is 4.79 Å². The number of carbonyl (C=O) groups excluding carboxylic acids is 1. The van der Waals surface area contributed by atoms with E-state index in [1.165, 1.54) is 0 Å². The number of ether oxygens (including phenoxy) is 3. The van der Waals surface area contributed by atoms with Crippen molar-refractivity contribution in [2.75, 3.05) is 13.2 Å². The molecular weight excluding hydrogens is 360 g/mol. The monoisotopic (exact) mass is 382 g/mol. The first-order chi connectivity index (χ1) is 13.6. The Bertz CT molecular complexity index is 938. The molecule has 0 atom stereocenters. The number of nitrogens with zero attached hydrogens (tertiary/aromatic N) is 2. The molecule has 0 saturated carbocycles. The normalized spacial score (nSPS) is 10.5. The van der Waals surface area contributed by atoms with Gasteiger partial charge in [-0.1, -0.05) is 6.07 Å². The van der Waals surface area contributed by atoms with Crippen molar-refractivity contribution in [3.05, 3.63) is 53.7 Å². The smallest absolute Gasteiger partial charge is 0.271 e. The molecule has 3 N–H and O–H groups in total. The molecule has 28 heavy (non-hydrogen) atoms. The molecule has 1 amide bonds. The third-order valence-electron chi connectivity index (χ3n) is 3.92. The second-order valence-electron chi connectivity index (χ2n) is 5.85. The SMILES string of the molecule is CCOc1ccc(COc2ccc(-c3n[nH]nc3C(N)=O)cc2)cc1OCC. The zero-order chi connectivity index (χ0) is 19.9. The molecule has 3 aromatic rings. The highest BCUT2D eigenvalue weighted by Gasteiger charge is 2.15. The minimum absolute atomic E-state index is 0.103. The molecule has 1 aromatic heterocycles. The van der Waals surface area contributed by atoms with E-state index in [1.807, 2.05) is 32.0 Å². The average molecular weight is 382 g/mol. The fraction of sp³-hybridized carbons (Fsp3) is 0.250. The molecule has 0 spiro atoms. The van der Waals surface area contributed by atoms with Gasteiger partial charge in [0.15, 0.2) is 17.2 Å². The maximum atomic E-state index is 11.4. The minimum atomic E-state index is -0.635. The van der Waals surface area contributed by atoms with Gasteiger partial charge < -0.3 is 19.9 Å². The van der Waals surface area contributed by atoms with Crippen LogP contribution < -0.4 is 19.9 Å². The predicted octanol–water partition coefficient (Wildman–Crippen LogP) is 2.95. The van der Waals surface area contributed by atoms with Crippen molar-refractivity contribution in [1.29, 1.82) is 0 Å². The Hall–Kier alpha value is -3.55. The first-order valence-electron chi connectivity index (χ1n) is 8.94. The van der Waals surface area contributed by atoms with Gasteiger partial charge in [0.05, 0.1) is 13.2 Å². The number of nitrogens with one attached hydrogen (secondary N) is 1.